The van der Waals surface area contributed by atoms with Crippen LogP contribution in [0.25, 0.3) is 0 Å². The summed E-state index contributed by atoms with van der Waals surface area (Å²) < 4.78 is 5.33. The van der Waals surface area contributed by atoms with Crippen molar-refractivity contribution in [3.05, 3.63) is 59.2 Å². The van der Waals surface area contributed by atoms with Crippen LogP contribution >= 0.6 is 0 Å². The van der Waals surface area contributed by atoms with Crippen molar-refractivity contribution in [2.24, 2.45) is 0 Å². The number of nitrogens with one attached hydrogen (secondary N) is 1. The molecule has 0 aliphatic heterocycles. The fraction of sp³-hybridized carbons (Fsp3) is 0.250. The number of para-hydroxylation sites is 2. The number of hydrogen-bond donors (Lipinski definition) is 1. The van der Waals surface area contributed by atoms with Gasteiger partial charge in [0.1, 0.15) is 5.75 Å². The molecule has 0 unspecified atom stereocenters. The summed E-state index contributed by atoms with van der Waals surface area (Å²) in [4.78, 5) is 0. The van der Waals surface area contributed by atoms with Crippen LogP contribution in [0.4, 0.5) is 5.69 Å². The topological polar surface area (TPSA) is 21.3 Å². The molecule has 2 aromatic carbocycles. The van der Waals surface area contributed by atoms with Gasteiger partial charge in [-0.1, -0.05) is 30.3 Å². The summed E-state index contributed by atoms with van der Waals surface area (Å²) >= 11 is 0. The van der Waals surface area contributed by atoms with Gasteiger partial charge >= 0.3 is 0 Å². The van der Waals surface area contributed by atoms with Crippen molar-refractivity contribution < 1.29 is 4.74 Å². The second-order valence-corrected chi connectivity index (χ2v) is 4.41. The molecule has 0 amide bonds. The van der Waals surface area contributed by atoms with Crippen LogP contribution in [0, 0.1) is 13.8 Å². The van der Waals surface area contributed by atoms with E-state index >= 15 is 0 Å². The van der Waals surface area contributed by atoms with Gasteiger partial charge in [0.2, 0.25) is 0 Å². The third-order valence-electron chi connectivity index (χ3n) is 3.29. The highest BCUT2D eigenvalue weighted by Gasteiger charge is 2.03. The molecule has 1 N–H and O–H groups in total. The first kappa shape index (κ1) is 12.5. The van der Waals surface area contributed by atoms with Crippen molar-refractivity contribution in [1.82, 2.24) is 0 Å². The highest BCUT2D eigenvalue weighted by atomic mass is 16.5. The van der Waals surface area contributed by atoms with Gasteiger partial charge in [0.15, 0.2) is 0 Å². The minimum absolute atomic E-state index is 0.813. The number of methoxy groups -OCH3 is 1. The summed E-state index contributed by atoms with van der Waals surface area (Å²) in [5, 5.41) is 3.42. The van der Waals surface area contributed by atoms with Crippen LogP contribution in [-0.4, -0.2) is 7.11 Å². The molecule has 94 valence electrons. The molecule has 0 aliphatic carbocycles. The lowest BCUT2D eigenvalue weighted by molar-refractivity contribution is 0.416. The monoisotopic (exact) mass is 241 g/mol. The lowest BCUT2D eigenvalue weighted by atomic mass is 10.0. The molecule has 18 heavy (non-hydrogen) atoms. The zero-order valence-corrected chi connectivity index (χ0v) is 11.2. The second kappa shape index (κ2) is 5.58. The van der Waals surface area contributed by atoms with Crippen molar-refractivity contribution in [1.29, 1.82) is 0 Å². The molecule has 0 heterocycles. The number of ether oxygens (including phenoxy) is 1. The zero-order valence-electron chi connectivity index (χ0n) is 11.2. The molecule has 0 atom stereocenters. The van der Waals surface area contributed by atoms with Gasteiger partial charge in [-0.2, -0.15) is 0 Å². The van der Waals surface area contributed by atoms with Crippen LogP contribution in [0.3, 0.4) is 0 Å². The predicted molar refractivity (Wildman–Crippen MR) is 76.2 cm³/mol. The highest BCUT2D eigenvalue weighted by molar-refractivity contribution is 5.56. The van der Waals surface area contributed by atoms with Crippen molar-refractivity contribution >= 4 is 5.69 Å². The van der Waals surface area contributed by atoms with Crippen molar-refractivity contribution in [3.8, 4) is 5.75 Å². The first-order chi connectivity index (χ1) is 8.72. The summed E-state index contributed by atoms with van der Waals surface area (Å²) in [6.07, 6.45) is 0. The molecule has 0 saturated carbocycles. The third kappa shape index (κ3) is 2.65. The summed E-state index contributed by atoms with van der Waals surface area (Å²) in [5.74, 6) is 0.878. The Morgan fingerprint density at radius 2 is 1.78 bits per heavy atom. The molecule has 2 rings (SSSR count). The first-order valence-corrected chi connectivity index (χ1v) is 6.14. The van der Waals surface area contributed by atoms with E-state index in [-0.39, 0.29) is 0 Å². The molecule has 0 fully saturated rings. The largest absolute Gasteiger partial charge is 0.495 e. The number of rotatable bonds is 4. The molecule has 0 spiro atoms. The number of aryl methyl sites for hydroxylation is 1. The quantitative estimate of drug-likeness (QED) is 0.875. The third-order valence-corrected chi connectivity index (χ3v) is 3.29. The van der Waals surface area contributed by atoms with Gasteiger partial charge in [-0.05, 0) is 42.7 Å². The molecular formula is C16H19NO. The van der Waals surface area contributed by atoms with Gasteiger partial charge in [-0.25, -0.2) is 0 Å². The first-order valence-electron chi connectivity index (χ1n) is 6.14. The van der Waals surface area contributed by atoms with E-state index in [0.29, 0.717) is 0 Å². The Kier molecular flexibility index (Phi) is 3.88. The maximum absolute atomic E-state index is 5.33. The van der Waals surface area contributed by atoms with E-state index in [9.17, 15) is 0 Å². The Bertz CT molecular complexity index is 534. The average molecular weight is 241 g/mol. The summed E-state index contributed by atoms with van der Waals surface area (Å²) in [7, 11) is 1.69. The molecule has 0 saturated heterocycles. The molecule has 0 radical (unpaired) electrons. The van der Waals surface area contributed by atoms with E-state index < -0.39 is 0 Å². The minimum Gasteiger partial charge on any atom is -0.495 e. The van der Waals surface area contributed by atoms with Crippen LogP contribution < -0.4 is 10.1 Å². The fourth-order valence-corrected chi connectivity index (χ4v) is 1.98. The van der Waals surface area contributed by atoms with Crippen LogP contribution in [-0.2, 0) is 6.54 Å². The van der Waals surface area contributed by atoms with E-state index in [1.165, 1.54) is 16.7 Å². The van der Waals surface area contributed by atoms with Gasteiger partial charge in [0.05, 0.1) is 12.8 Å². The van der Waals surface area contributed by atoms with Crippen LogP contribution in [0.5, 0.6) is 5.75 Å². The van der Waals surface area contributed by atoms with Gasteiger partial charge in [0.25, 0.3) is 0 Å². The van der Waals surface area contributed by atoms with Crippen LogP contribution in [0.15, 0.2) is 42.5 Å². The summed E-state index contributed by atoms with van der Waals surface area (Å²) in [6, 6.07) is 14.4. The minimum atomic E-state index is 0.813. The van der Waals surface area contributed by atoms with Crippen molar-refractivity contribution in [2.45, 2.75) is 20.4 Å². The Hall–Kier alpha value is -1.96. The number of hydrogen-bond acceptors (Lipinski definition) is 2. The molecular weight excluding hydrogens is 222 g/mol. The number of anilines is 1. The molecule has 2 heteroatoms. The molecule has 0 aromatic heterocycles. The second-order valence-electron chi connectivity index (χ2n) is 4.41. The van der Waals surface area contributed by atoms with Gasteiger partial charge in [-0.15, -0.1) is 0 Å². The van der Waals surface area contributed by atoms with E-state index in [1.54, 1.807) is 7.11 Å². The summed E-state index contributed by atoms with van der Waals surface area (Å²) in [6.45, 7) is 5.12. The Morgan fingerprint density at radius 1 is 1.00 bits per heavy atom. The van der Waals surface area contributed by atoms with Gasteiger partial charge in [0, 0.05) is 6.54 Å². The Labute approximate surface area is 109 Å². The Morgan fingerprint density at radius 3 is 2.56 bits per heavy atom. The van der Waals surface area contributed by atoms with E-state index in [4.69, 9.17) is 4.74 Å². The average Bonchev–Trinajstić information content (AvgIpc) is 2.41. The van der Waals surface area contributed by atoms with Crippen LogP contribution in [0.1, 0.15) is 16.7 Å². The SMILES string of the molecule is COc1ccccc1NCc1cccc(C)c1C. The zero-order chi connectivity index (χ0) is 13.0. The summed E-state index contributed by atoms with van der Waals surface area (Å²) in [5.41, 5.74) is 5.02. The number of benzene rings is 2. The van der Waals surface area contributed by atoms with E-state index in [0.717, 1.165) is 18.0 Å². The van der Waals surface area contributed by atoms with Crippen molar-refractivity contribution in [3.63, 3.8) is 0 Å². The van der Waals surface area contributed by atoms with Gasteiger partial charge in [-0.3, -0.25) is 0 Å². The molecule has 2 nitrogen and oxygen atoms in total. The smallest absolute Gasteiger partial charge is 0.141 e. The predicted octanol–water partition coefficient (Wildman–Crippen LogP) is 3.92. The molecule has 2 aromatic rings. The van der Waals surface area contributed by atoms with Crippen LogP contribution in [0.2, 0.25) is 0 Å². The lowest BCUT2D eigenvalue weighted by Crippen LogP contribution is -2.03. The highest BCUT2D eigenvalue weighted by Crippen LogP contribution is 2.24. The van der Waals surface area contributed by atoms with E-state index in [2.05, 4.69) is 37.4 Å². The van der Waals surface area contributed by atoms with Crippen molar-refractivity contribution in [2.75, 3.05) is 12.4 Å². The normalized spacial score (nSPS) is 10.2. The van der Waals surface area contributed by atoms with E-state index in [1.807, 2.05) is 24.3 Å². The molecule has 0 bridgehead atoms. The maximum Gasteiger partial charge on any atom is 0.141 e. The molecule has 0 aliphatic rings. The Balaban J connectivity index is 2.14. The standard InChI is InChI=1S/C16H19NO/c1-12-7-6-8-14(13(12)2)11-17-15-9-4-5-10-16(15)18-3/h4-10,17H,11H2,1-3H3. The fourth-order valence-electron chi connectivity index (χ4n) is 1.98. The maximum atomic E-state index is 5.33. The van der Waals surface area contributed by atoms with Gasteiger partial charge < -0.3 is 10.1 Å². The lowest BCUT2D eigenvalue weighted by Gasteiger charge is -2.13.